The highest BCUT2D eigenvalue weighted by Crippen LogP contribution is 2.24. The number of halogens is 2. The van der Waals surface area contributed by atoms with Gasteiger partial charge >= 0.3 is 0 Å². The van der Waals surface area contributed by atoms with Gasteiger partial charge in [-0.05, 0) is 24.3 Å². The van der Waals surface area contributed by atoms with Crippen LogP contribution in [0.2, 0.25) is 10.2 Å². The van der Waals surface area contributed by atoms with Crippen molar-refractivity contribution in [3.05, 3.63) is 52.9 Å². The second-order valence-electron chi connectivity index (χ2n) is 4.31. The van der Waals surface area contributed by atoms with Crippen molar-refractivity contribution in [3.8, 4) is 22.6 Å². The van der Waals surface area contributed by atoms with Crippen LogP contribution in [0.25, 0.3) is 22.6 Å². The molecule has 0 saturated carbocycles. The normalized spacial score (nSPS) is 10.8. The first-order chi connectivity index (χ1) is 9.61. The van der Waals surface area contributed by atoms with E-state index in [1.807, 2.05) is 25.4 Å². The molecule has 0 atom stereocenters. The molecule has 1 aromatic carbocycles. The van der Waals surface area contributed by atoms with Gasteiger partial charge in [0.2, 0.25) is 0 Å². The minimum Gasteiger partial charge on any atom is -0.275 e. The zero-order valence-corrected chi connectivity index (χ0v) is 12.1. The number of nitrogens with zero attached hydrogens (tertiary/aromatic N) is 4. The maximum Gasteiger partial charge on any atom is 0.161 e. The van der Waals surface area contributed by atoms with Crippen molar-refractivity contribution in [3.63, 3.8) is 0 Å². The summed E-state index contributed by atoms with van der Waals surface area (Å²) in [6.45, 7) is 0. The van der Waals surface area contributed by atoms with Crippen molar-refractivity contribution in [2.45, 2.75) is 0 Å². The fourth-order valence-electron chi connectivity index (χ4n) is 1.85. The Morgan fingerprint density at radius 3 is 2.40 bits per heavy atom. The summed E-state index contributed by atoms with van der Waals surface area (Å²) in [5, 5.41) is 5.19. The van der Waals surface area contributed by atoms with Crippen LogP contribution in [0, 0.1) is 0 Å². The summed E-state index contributed by atoms with van der Waals surface area (Å²) in [6.07, 6.45) is 3.62. The van der Waals surface area contributed by atoms with E-state index in [2.05, 4.69) is 15.1 Å². The van der Waals surface area contributed by atoms with Gasteiger partial charge in [-0.2, -0.15) is 5.10 Å². The highest BCUT2D eigenvalue weighted by Gasteiger charge is 2.09. The van der Waals surface area contributed by atoms with E-state index in [0.29, 0.717) is 16.0 Å². The Labute approximate surface area is 126 Å². The Morgan fingerprint density at radius 1 is 1.00 bits per heavy atom. The zero-order valence-electron chi connectivity index (χ0n) is 10.6. The second-order valence-corrected chi connectivity index (χ2v) is 5.13. The molecular formula is C14H10Cl2N4. The van der Waals surface area contributed by atoms with E-state index in [1.54, 1.807) is 29.1 Å². The quantitative estimate of drug-likeness (QED) is 0.675. The zero-order chi connectivity index (χ0) is 14.1. The van der Waals surface area contributed by atoms with Gasteiger partial charge in [0.1, 0.15) is 5.15 Å². The van der Waals surface area contributed by atoms with Gasteiger partial charge in [-0.25, -0.2) is 9.97 Å². The number of hydrogen-bond acceptors (Lipinski definition) is 3. The summed E-state index contributed by atoms with van der Waals surface area (Å²) in [4.78, 5) is 8.78. The molecule has 3 aromatic rings. The standard InChI is InChI=1S/C14H10Cl2N4/c1-20-8-10(7-17-20)12-6-13(16)19-14(18-12)9-2-4-11(15)5-3-9/h2-8H,1H3. The Bertz CT molecular complexity index is 750. The Kier molecular flexibility index (Phi) is 3.42. The lowest BCUT2D eigenvalue weighted by Crippen LogP contribution is -1.92. The SMILES string of the molecule is Cn1cc(-c2cc(Cl)nc(-c3ccc(Cl)cc3)n2)cn1. The molecule has 4 nitrogen and oxygen atoms in total. The average Bonchev–Trinajstić information content (AvgIpc) is 2.85. The van der Waals surface area contributed by atoms with Crippen LogP contribution in [0.4, 0.5) is 0 Å². The van der Waals surface area contributed by atoms with Gasteiger partial charge in [0, 0.05) is 35.5 Å². The van der Waals surface area contributed by atoms with Crippen molar-refractivity contribution in [2.75, 3.05) is 0 Å². The molecule has 0 N–H and O–H groups in total. The summed E-state index contributed by atoms with van der Waals surface area (Å²) < 4.78 is 1.72. The summed E-state index contributed by atoms with van der Waals surface area (Å²) in [5.41, 5.74) is 2.50. The van der Waals surface area contributed by atoms with E-state index in [4.69, 9.17) is 23.2 Å². The smallest absolute Gasteiger partial charge is 0.161 e. The third kappa shape index (κ3) is 2.66. The molecule has 100 valence electrons. The van der Waals surface area contributed by atoms with Crippen LogP contribution < -0.4 is 0 Å². The van der Waals surface area contributed by atoms with Gasteiger partial charge in [0.05, 0.1) is 11.9 Å². The van der Waals surface area contributed by atoms with Crippen LogP contribution in [-0.4, -0.2) is 19.7 Å². The van der Waals surface area contributed by atoms with Crippen LogP contribution in [0.5, 0.6) is 0 Å². The van der Waals surface area contributed by atoms with Gasteiger partial charge in [-0.1, -0.05) is 23.2 Å². The molecule has 0 saturated heterocycles. The third-order valence-corrected chi connectivity index (χ3v) is 3.24. The minimum absolute atomic E-state index is 0.392. The first-order valence-corrected chi connectivity index (χ1v) is 6.67. The van der Waals surface area contributed by atoms with Gasteiger partial charge in [0.25, 0.3) is 0 Å². The second kappa shape index (κ2) is 5.23. The van der Waals surface area contributed by atoms with Crippen molar-refractivity contribution < 1.29 is 0 Å². The van der Waals surface area contributed by atoms with Crippen molar-refractivity contribution in [1.82, 2.24) is 19.7 Å². The molecule has 0 fully saturated rings. The number of hydrogen-bond donors (Lipinski definition) is 0. The molecule has 0 spiro atoms. The summed E-state index contributed by atoms with van der Waals surface area (Å²) in [7, 11) is 1.85. The maximum absolute atomic E-state index is 6.08. The highest BCUT2D eigenvalue weighted by molar-refractivity contribution is 6.30. The number of aryl methyl sites for hydroxylation is 1. The van der Waals surface area contributed by atoms with Crippen LogP contribution in [0.15, 0.2) is 42.7 Å². The molecule has 2 heterocycles. The Balaban J connectivity index is 2.09. The van der Waals surface area contributed by atoms with E-state index in [9.17, 15) is 0 Å². The summed E-state index contributed by atoms with van der Waals surface area (Å²) >= 11 is 12.0. The number of benzene rings is 1. The number of aromatic nitrogens is 4. The van der Waals surface area contributed by atoms with Crippen LogP contribution in [0.3, 0.4) is 0 Å². The molecule has 0 amide bonds. The summed E-state index contributed by atoms with van der Waals surface area (Å²) in [5.74, 6) is 0.563. The molecule has 0 aliphatic heterocycles. The monoisotopic (exact) mass is 304 g/mol. The molecule has 0 aliphatic carbocycles. The lowest BCUT2D eigenvalue weighted by Gasteiger charge is -2.04. The van der Waals surface area contributed by atoms with Gasteiger partial charge < -0.3 is 0 Å². The predicted octanol–water partition coefficient (Wildman–Crippen LogP) is 3.85. The summed E-state index contributed by atoms with van der Waals surface area (Å²) in [6, 6.07) is 9.04. The fourth-order valence-corrected chi connectivity index (χ4v) is 2.16. The lowest BCUT2D eigenvalue weighted by atomic mass is 10.2. The molecule has 0 bridgehead atoms. The molecule has 3 rings (SSSR count). The molecule has 6 heteroatoms. The topological polar surface area (TPSA) is 43.6 Å². The van der Waals surface area contributed by atoms with Crippen LogP contribution >= 0.6 is 23.2 Å². The minimum atomic E-state index is 0.392. The molecule has 0 unspecified atom stereocenters. The highest BCUT2D eigenvalue weighted by atomic mass is 35.5. The predicted molar refractivity (Wildman–Crippen MR) is 79.7 cm³/mol. The van der Waals surface area contributed by atoms with Crippen molar-refractivity contribution in [1.29, 1.82) is 0 Å². The van der Waals surface area contributed by atoms with Crippen molar-refractivity contribution >= 4 is 23.2 Å². The van der Waals surface area contributed by atoms with Gasteiger partial charge in [-0.3, -0.25) is 4.68 Å². The Hall–Kier alpha value is -1.91. The molecule has 20 heavy (non-hydrogen) atoms. The Morgan fingerprint density at radius 2 is 1.75 bits per heavy atom. The van der Waals surface area contributed by atoms with Crippen molar-refractivity contribution in [2.24, 2.45) is 7.05 Å². The average molecular weight is 305 g/mol. The first-order valence-electron chi connectivity index (χ1n) is 5.91. The van der Waals surface area contributed by atoms with E-state index in [-0.39, 0.29) is 0 Å². The van der Waals surface area contributed by atoms with Gasteiger partial charge in [0.15, 0.2) is 5.82 Å². The van der Waals surface area contributed by atoms with Crippen LogP contribution in [0.1, 0.15) is 0 Å². The van der Waals surface area contributed by atoms with E-state index >= 15 is 0 Å². The number of rotatable bonds is 2. The van der Waals surface area contributed by atoms with E-state index in [0.717, 1.165) is 16.8 Å². The molecule has 0 radical (unpaired) electrons. The first kappa shape index (κ1) is 13.1. The van der Waals surface area contributed by atoms with E-state index in [1.165, 1.54) is 0 Å². The fraction of sp³-hybridized carbons (Fsp3) is 0.0714. The maximum atomic E-state index is 6.08. The van der Waals surface area contributed by atoms with E-state index < -0.39 is 0 Å². The third-order valence-electron chi connectivity index (χ3n) is 2.80. The molecule has 2 aromatic heterocycles. The molecule has 0 aliphatic rings. The van der Waals surface area contributed by atoms with Crippen LogP contribution in [-0.2, 0) is 7.05 Å². The van der Waals surface area contributed by atoms with Gasteiger partial charge in [-0.15, -0.1) is 0 Å². The largest absolute Gasteiger partial charge is 0.275 e. The molecular weight excluding hydrogens is 295 g/mol. The lowest BCUT2D eigenvalue weighted by molar-refractivity contribution is 0.768.